The van der Waals surface area contributed by atoms with Crippen LogP contribution in [0, 0.1) is 11.8 Å². The summed E-state index contributed by atoms with van der Waals surface area (Å²) in [4.78, 5) is 0. The van der Waals surface area contributed by atoms with Gasteiger partial charge in [-0.05, 0) is 30.4 Å². The van der Waals surface area contributed by atoms with Crippen LogP contribution in [0.4, 0.5) is 14.5 Å². The predicted octanol–water partition coefficient (Wildman–Crippen LogP) is 3.49. The van der Waals surface area contributed by atoms with Crippen LogP contribution in [0.1, 0.15) is 5.56 Å². The van der Waals surface area contributed by atoms with Gasteiger partial charge in [-0.25, -0.2) is 0 Å². The first-order chi connectivity index (χ1) is 8.97. The number of benzene rings is 1. The molecule has 98 valence electrons. The fraction of sp³-hybridized carbons (Fsp3) is 0.0667. The van der Waals surface area contributed by atoms with Crippen LogP contribution < -0.4 is 5.73 Å². The first kappa shape index (κ1) is 14.5. The van der Waals surface area contributed by atoms with E-state index in [4.69, 9.17) is 5.73 Å². The Morgan fingerprint density at radius 1 is 1.32 bits per heavy atom. The number of nitrogens with two attached hydrogens (primary N) is 1. The molecular formula is C15H13F2NO. The molecule has 0 aromatic heterocycles. The maximum Gasteiger partial charge on any atom is 0.387 e. The van der Waals surface area contributed by atoms with E-state index in [2.05, 4.69) is 29.7 Å². The number of alkyl halides is 2. The molecule has 0 fully saturated rings. The second-order valence-electron chi connectivity index (χ2n) is 3.58. The van der Waals surface area contributed by atoms with E-state index in [0.29, 0.717) is 11.3 Å². The van der Waals surface area contributed by atoms with Crippen LogP contribution in [0.5, 0.6) is 0 Å². The first-order valence-corrected chi connectivity index (χ1v) is 5.35. The summed E-state index contributed by atoms with van der Waals surface area (Å²) < 4.78 is 27.7. The standard InChI is InChI=1S/C15H13F2NO/c1-11(6-8-12(2)19-15(16)17)7-9-13-4-3-5-14(18)10-13/h3-6,8,10,15H,1-2,18H2/b8-6-. The van der Waals surface area contributed by atoms with Crippen molar-refractivity contribution >= 4 is 5.69 Å². The summed E-state index contributed by atoms with van der Waals surface area (Å²) in [6.45, 7) is 4.08. The second kappa shape index (κ2) is 7.02. The molecule has 1 rings (SSSR count). The van der Waals surface area contributed by atoms with Gasteiger partial charge in [0.05, 0.1) is 0 Å². The molecule has 0 amide bonds. The molecule has 0 saturated carbocycles. The maximum atomic E-state index is 11.8. The van der Waals surface area contributed by atoms with Crippen molar-refractivity contribution in [1.29, 1.82) is 0 Å². The van der Waals surface area contributed by atoms with Gasteiger partial charge in [0.25, 0.3) is 0 Å². The highest BCUT2D eigenvalue weighted by Gasteiger charge is 2.01. The lowest BCUT2D eigenvalue weighted by atomic mass is 10.2. The SMILES string of the molecule is C=C(C#Cc1cccc(N)c1)/C=C\C(=C)OC(F)F. The van der Waals surface area contributed by atoms with Gasteiger partial charge in [-0.2, -0.15) is 8.78 Å². The quantitative estimate of drug-likeness (QED) is 0.390. The molecule has 0 radical (unpaired) electrons. The molecule has 0 heterocycles. The number of allylic oxidation sites excluding steroid dienone is 3. The molecule has 0 aliphatic rings. The zero-order chi connectivity index (χ0) is 14.3. The molecule has 1 aromatic rings. The molecule has 2 N–H and O–H groups in total. The van der Waals surface area contributed by atoms with Crippen LogP contribution in [-0.4, -0.2) is 6.61 Å². The van der Waals surface area contributed by atoms with Crippen molar-refractivity contribution < 1.29 is 13.5 Å². The van der Waals surface area contributed by atoms with Gasteiger partial charge < -0.3 is 10.5 Å². The molecule has 0 aliphatic heterocycles. The molecule has 0 atom stereocenters. The van der Waals surface area contributed by atoms with Gasteiger partial charge in [-0.1, -0.05) is 31.1 Å². The predicted molar refractivity (Wildman–Crippen MR) is 72.2 cm³/mol. The molecule has 2 nitrogen and oxygen atoms in total. The third kappa shape index (κ3) is 6.08. The van der Waals surface area contributed by atoms with Gasteiger partial charge >= 0.3 is 6.61 Å². The van der Waals surface area contributed by atoms with E-state index in [-0.39, 0.29) is 5.76 Å². The third-order valence-corrected chi connectivity index (χ3v) is 1.96. The smallest absolute Gasteiger partial charge is 0.387 e. The highest BCUT2D eigenvalue weighted by molar-refractivity contribution is 5.50. The zero-order valence-electron chi connectivity index (χ0n) is 10.2. The Hall–Kier alpha value is -2.54. The third-order valence-electron chi connectivity index (χ3n) is 1.96. The van der Waals surface area contributed by atoms with E-state index in [1.807, 2.05) is 0 Å². The molecular weight excluding hydrogens is 248 g/mol. The molecule has 1 aromatic carbocycles. The van der Waals surface area contributed by atoms with E-state index in [1.165, 1.54) is 12.2 Å². The number of halogens is 2. The van der Waals surface area contributed by atoms with Crippen LogP contribution in [0.3, 0.4) is 0 Å². The Balaban J connectivity index is 2.62. The van der Waals surface area contributed by atoms with Crippen molar-refractivity contribution in [2.75, 3.05) is 5.73 Å². The molecule has 0 bridgehead atoms. The summed E-state index contributed by atoms with van der Waals surface area (Å²) >= 11 is 0. The van der Waals surface area contributed by atoms with Crippen molar-refractivity contribution in [2.24, 2.45) is 0 Å². The summed E-state index contributed by atoms with van der Waals surface area (Å²) in [5.41, 5.74) is 7.42. The van der Waals surface area contributed by atoms with Gasteiger partial charge in [-0.3, -0.25) is 0 Å². The van der Waals surface area contributed by atoms with E-state index in [1.54, 1.807) is 24.3 Å². The Bertz CT molecular complexity index is 565. The van der Waals surface area contributed by atoms with Gasteiger partial charge in [0, 0.05) is 16.8 Å². The summed E-state index contributed by atoms with van der Waals surface area (Å²) in [5, 5.41) is 0. The number of nitrogen functional groups attached to an aromatic ring is 1. The average Bonchev–Trinajstić information content (AvgIpc) is 2.33. The number of anilines is 1. The molecule has 4 heteroatoms. The number of rotatable bonds is 4. The number of ether oxygens (including phenoxy) is 1. The van der Waals surface area contributed by atoms with Gasteiger partial charge in [0.2, 0.25) is 0 Å². The largest absolute Gasteiger partial charge is 0.435 e. The highest BCUT2D eigenvalue weighted by Crippen LogP contribution is 2.07. The van der Waals surface area contributed by atoms with Crippen LogP contribution in [0.15, 0.2) is 60.9 Å². The van der Waals surface area contributed by atoms with Crippen LogP contribution in [0.2, 0.25) is 0 Å². The Morgan fingerprint density at radius 2 is 2.05 bits per heavy atom. The summed E-state index contributed by atoms with van der Waals surface area (Å²) in [5.74, 6) is 5.46. The van der Waals surface area contributed by atoms with E-state index in [9.17, 15) is 8.78 Å². The second-order valence-corrected chi connectivity index (χ2v) is 3.58. The van der Waals surface area contributed by atoms with Crippen molar-refractivity contribution in [1.82, 2.24) is 0 Å². The van der Waals surface area contributed by atoms with Crippen molar-refractivity contribution in [3.8, 4) is 11.8 Å². The Kier molecular flexibility index (Phi) is 5.36. The van der Waals surface area contributed by atoms with E-state index in [0.717, 1.165) is 5.56 Å². The van der Waals surface area contributed by atoms with Crippen molar-refractivity contribution in [3.05, 3.63) is 66.5 Å². The summed E-state index contributed by atoms with van der Waals surface area (Å²) in [7, 11) is 0. The summed E-state index contributed by atoms with van der Waals surface area (Å²) in [6.07, 6.45) is 2.73. The molecule has 0 unspecified atom stereocenters. The average molecular weight is 261 g/mol. The van der Waals surface area contributed by atoms with Crippen molar-refractivity contribution in [2.45, 2.75) is 6.61 Å². The number of hydrogen-bond acceptors (Lipinski definition) is 2. The monoisotopic (exact) mass is 261 g/mol. The van der Waals surface area contributed by atoms with Gasteiger partial charge in [0.1, 0.15) is 5.76 Å². The Morgan fingerprint density at radius 3 is 2.68 bits per heavy atom. The molecule has 0 spiro atoms. The van der Waals surface area contributed by atoms with E-state index >= 15 is 0 Å². The van der Waals surface area contributed by atoms with Crippen LogP contribution in [-0.2, 0) is 4.74 Å². The summed E-state index contributed by atoms with van der Waals surface area (Å²) in [6, 6.07) is 7.07. The maximum absolute atomic E-state index is 11.8. The van der Waals surface area contributed by atoms with Crippen molar-refractivity contribution in [3.63, 3.8) is 0 Å². The van der Waals surface area contributed by atoms with Crippen LogP contribution >= 0.6 is 0 Å². The lowest BCUT2D eigenvalue weighted by Crippen LogP contribution is -1.95. The first-order valence-electron chi connectivity index (χ1n) is 5.35. The molecule has 0 aliphatic carbocycles. The molecule has 19 heavy (non-hydrogen) atoms. The fourth-order valence-electron chi connectivity index (χ4n) is 1.16. The minimum atomic E-state index is -2.89. The Labute approximate surface area is 110 Å². The molecule has 0 saturated heterocycles. The fourth-order valence-corrected chi connectivity index (χ4v) is 1.16. The minimum absolute atomic E-state index is 0.151. The minimum Gasteiger partial charge on any atom is -0.435 e. The normalized spacial score (nSPS) is 10.1. The zero-order valence-corrected chi connectivity index (χ0v) is 10.2. The van der Waals surface area contributed by atoms with Gasteiger partial charge in [-0.15, -0.1) is 0 Å². The highest BCUT2D eigenvalue weighted by atomic mass is 19.3. The lowest BCUT2D eigenvalue weighted by molar-refractivity contribution is -0.0915. The lowest BCUT2D eigenvalue weighted by Gasteiger charge is -2.01. The van der Waals surface area contributed by atoms with E-state index < -0.39 is 6.61 Å². The van der Waals surface area contributed by atoms with Crippen LogP contribution in [0.25, 0.3) is 0 Å². The van der Waals surface area contributed by atoms with Gasteiger partial charge in [0.15, 0.2) is 0 Å². The topological polar surface area (TPSA) is 35.2 Å². The number of hydrogen-bond donors (Lipinski definition) is 1.